The molecule has 0 saturated heterocycles. The van der Waals surface area contributed by atoms with Crippen molar-refractivity contribution in [2.24, 2.45) is 10.2 Å². The van der Waals surface area contributed by atoms with E-state index in [0.717, 1.165) is 6.07 Å². The third-order valence-corrected chi connectivity index (χ3v) is 6.44. The van der Waals surface area contributed by atoms with Gasteiger partial charge >= 0.3 is 0 Å². The third kappa shape index (κ3) is 4.11. The molecule has 0 saturated carbocycles. The first-order valence-electron chi connectivity index (χ1n) is 8.89. The molecule has 0 atom stereocenters. The van der Waals surface area contributed by atoms with Crippen LogP contribution in [0.2, 0.25) is 0 Å². The zero-order valence-corrected chi connectivity index (χ0v) is 17.7. The maximum absolute atomic E-state index is 11.5. The Kier molecular flexibility index (Phi) is 5.09. The summed E-state index contributed by atoms with van der Waals surface area (Å²) in [6, 6.07) is 13.6. The second-order valence-electron chi connectivity index (χ2n) is 6.88. The van der Waals surface area contributed by atoms with Crippen molar-refractivity contribution in [2.75, 3.05) is 5.73 Å². The van der Waals surface area contributed by atoms with E-state index in [1.165, 1.54) is 48.5 Å². The summed E-state index contributed by atoms with van der Waals surface area (Å²) in [6.07, 6.45) is 0. The highest BCUT2D eigenvalue weighted by atomic mass is 32.2. The summed E-state index contributed by atoms with van der Waals surface area (Å²) in [4.78, 5) is -0.801. The van der Waals surface area contributed by atoms with E-state index in [1.807, 2.05) is 0 Å². The molecule has 0 aliphatic carbocycles. The van der Waals surface area contributed by atoms with Crippen LogP contribution in [0.4, 0.5) is 17.1 Å². The van der Waals surface area contributed by atoms with Crippen LogP contribution >= 0.6 is 0 Å². The van der Waals surface area contributed by atoms with Crippen molar-refractivity contribution < 1.29 is 31.0 Å². The van der Waals surface area contributed by atoms with Gasteiger partial charge in [0.2, 0.25) is 0 Å². The number of anilines is 1. The molecule has 4 aromatic rings. The summed E-state index contributed by atoms with van der Waals surface area (Å²) in [5, 5.41) is 19.8. The minimum absolute atomic E-state index is 0.273. The number of nitrogen functional groups attached to an aromatic ring is 1. The van der Waals surface area contributed by atoms with Gasteiger partial charge in [-0.1, -0.05) is 6.07 Å². The lowest BCUT2D eigenvalue weighted by atomic mass is 10.1. The van der Waals surface area contributed by atoms with Gasteiger partial charge in [-0.3, -0.25) is 9.11 Å². The number of nitrogens with two attached hydrogens (primary N) is 1. The van der Waals surface area contributed by atoms with Crippen LogP contribution in [-0.4, -0.2) is 31.0 Å². The molecule has 5 N–H and O–H groups in total. The number of hydrogen-bond donors (Lipinski definition) is 4. The van der Waals surface area contributed by atoms with Crippen LogP contribution in [-0.2, 0) is 20.2 Å². The molecule has 0 amide bonds. The van der Waals surface area contributed by atoms with E-state index < -0.39 is 25.1 Å². The maximum Gasteiger partial charge on any atom is 0.294 e. The van der Waals surface area contributed by atoms with E-state index in [2.05, 4.69) is 10.2 Å². The zero-order valence-electron chi connectivity index (χ0n) is 16.0. The molecule has 0 bridgehead atoms. The molecular weight excluding hydrogens is 458 g/mol. The van der Waals surface area contributed by atoms with E-state index in [1.54, 1.807) is 6.07 Å². The van der Waals surface area contributed by atoms with Gasteiger partial charge in [0, 0.05) is 27.9 Å². The van der Waals surface area contributed by atoms with Gasteiger partial charge in [0.05, 0.1) is 21.2 Å². The molecule has 12 heteroatoms. The number of phenols is 1. The van der Waals surface area contributed by atoms with Crippen molar-refractivity contribution >= 4 is 58.8 Å². The van der Waals surface area contributed by atoms with Crippen molar-refractivity contribution in [3.63, 3.8) is 0 Å². The van der Waals surface area contributed by atoms with E-state index in [4.69, 9.17) is 5.73 Å². The number of hydrogen-bond acceptors (Lipinski definition) is 8. The number of benzene rings is 4. The van der Waals surface area contributed by atoms with Gasteiger partial charge in [-0.05, 0) is 53.9 Å². The topological polar surface area (TPSA) is 180 Å². The van der Waals surface area contributed by atoms with Gasteiger partial charge in [0.25, 0.3) is 20.2 Å². The summed E-state index contributed by atoms with van der Waals surface area (Å²) in [5.74, 6) is -0.333. The molecule has 32 heavy (non-hydrogen) atoms. The largest absolute Gasteiger partial charge is 0.507 e. The zero-order chi connectivity index (χ0) is 23.3. The number of azo groups is 1. The van der Waals surface area contributed by atoms with Crippen LogP contribution in [0.5, 0.6) is 5.75 Å². The SMILES string of the molecule is Nc1ccc(N=Nc2ccc3c(O)cc(S(=O)(=O)O)cc3c2)c2cc(S(=O)(=O)O)ccc12. The highest BCUT2D eigenvalue weighted by molar-refractivity contribution is 7.86. The molecule has 0 spiro atoms. The molecule has 164 valence electrons. The molecule has 4 rings (SSSR count). The summed E-state index contributed by atoms with van der Waals surface area (Å²) < 4.78 is 64.4. The molecule has 4 aromatic carbocycles. The highest BCUT2D eigenvalue weighted by Gasteiger charge is 2.14. The van der Waals surface area contributed by atoms with Crippen molar-refractivity contribution in [2.45, 2.75) is 9.79 Å². The van der Waals surface area contributed by atoms with Gasteiger partial charge in [-0.2, -0.15) is 21.9 Å². The van der Waals surface area contributed by atoms with Gasteiger partial charge in [0.15, 0.2) is 0 Å². The Morgan fingerprint density at radius 1 is 0.688 bits per heavy atom. The normalized spacial score (nSPS) is 12.7. The average Bonchev–Trinajstić information content (AvgIpc) is 2.71. The summed E-state index contributed by atoms with van der Waals surface area (Å²) in [6.45, 7) is 0. The monoisotopic (exact) mass is 473 g/mol. The minimum Gasteiger partial charge on any atom is -0.507 e. The van der Waals surface area contributed by atoms with Crippen LogP contribution in [0, 0.1) is 0 Å². The van der Waals surface area contributed by atoms with Crippen LogP contribution < -0.4 is 5.73 Å². The molecular formula is C20H15N3O7S2. The lowest BCUT2D eigenvalue weighted by Crippen LogP contribution is -1.98. The Morgan fingerprint density at radius 3 is 2.06 bits per heavy atom. The number of fused-ring (bicyclic) bond motifs is 2. The Labute approximate surface area is 182 Å². The van der Waals surface area contributed by atoms with E-state index in [0.29, 0.717) is 32.9 Å². The van der Waals surface area contributed by atoms with Crippen molar-refractivity contribution in [3.05, 3.63) is 60.7 Å². The standard InChI is InChI=1S/C20H15N3O7S2/c21-18-5-6-19(17-9-13(31(25,26)27)2-4-16(17)18)23-22-12-1-3-15-11(7-12)8-14(10-20(15)24)32(28,29)30/h1-10,24H,21H2,(H,25,26,27)(H,28,29,30). The molecule has 0 radical (unpaired) electrons. The molecule has 0 unspecified atom stereocenters. The number of rotatable bonds is 4. The van der Waals surface area contributed by atoms with Gasteiger partial charge in [-0.15, -0.1) is 5.11 Å². The van der Waals surface area contributed by atoms with Crippen LogP contribution in [0.1, 0.15) is 0 Å². The lowest BCUT2D eigenvalue weighted by molar-refractivity contribution is 0.471. The molecule has 10 nitrogen and oxygen atoms in total. The van der Waals surface area contributed by atoms with Crippen LogP contribution in [0.25, 0.3) is 21.5 Å². The van der Waals surface area contributed by atoms with E-state index in [9.17, 15) is 31.0 Å². The molecule has 0 aliphatic heterocycles. The summed E-state index contributed by atoms with van der Waals surface area (Å²) in [5.41, 5.74) is 6.88. The van der Waals surface area contributed by atoms with Gasteiger partial charge in [0.1, 0.15) is 5.75 Å². The first kappa shape index (κ1) is 21.6. The van der Waals surface area contributed by atoms with Gasteiger partial charge in [-0.25, -0.2) is 0 Å². The van der Waals surface area contributed by atoms with Crippen molar-refractivity contribution in [1.82, 2.24) is 0 Å². The number of nitrogens with zero attached hydrogens (tertiary/aromatic N) is 2. The Bertz CT molecular complexity index is 1650. The first-order valence-corrected chi connectivity index (χ1v) is 11.8. The molecule has 0 heterocycles. The smallest absolute Gasteiger partial charge is 0.294 e. The average molecular weight is 473 g/mol. The predicted octanol–water partition coefficient (Wildman–Crippen LogP) is 4.19. The quantitative estimate of drug-likeness (QED) is 0.193. The van der Waals surface area contributed by atoms with Crippen molar-refractivity contribution in [3.8, 4) is 5.75 Å². The van der Waals surface area contributed by atoms with Crippen LogP contribution in [0.3, 0.4) is 0 Å². The fraction of sp³-hybridized carbons (Fsp3) is 0. The molecule has 0 fully saturated rings. The molecule has 0 aromatic heterocycles. The van der Waals surface area contributed by atoms with Crippen LogP contribution in [0.15, 0.2) is 80.7 Å². The second-order valence-corrected chi connectivity index (χ2v) is 9.72. The Balaban J connectivity index is 1.83. The number of phenolic OH excluding ortho intramolecular Hbond substituents is 1. The molecule has 0 aliphatic rings. The summed E-state index contributed by atoms with van der Waals surface area (Å²) >= 11 is 0. The highest BCUT2D eigenvalue weighted by Crippen LogP contribution is 2.35. The third-order valence-electron chi connectivity index (χ3n) is 4.76. The fourth-order valence-corrected chi connectivity index (χ4v) is 4.26. The predicted molar refractivity (Wildman–Crippen MR) is 118 cm³/mol. The number of aromatic hydroxyl groups is 1. The Hall–Kier alpha value is -3.58. The Morgan fingerprint density at radius 2 is 1.38 bits per heavy atom. The lowest BCUT2D eigenvalue weighted by Gasteiger charge is -2.07. The summed E-state index contributed by atoms with van der Waals surface area (Å²) in [7, 11) is -8.97. The second kappa shape index (κ2) is 7.53. The van der Waals surface area contributed by atoms with E-state index in [-0.39, 0.29) is 16.3 Å². The first-order chi connectivity index (χ1) is 14.9. The maximum atomic E-state index is 11.5. The fourth-order valence-electron chi connectivity index (χ4n) is 3.22. The van der Waals surface area contributed by atoms with Crippen molar-refractivity contribution in [1.29, 1.82) is 0 Å². The van der Waals surface area contributed by atoms with Gasteiger partial charge < -0.3 is 10.8 Å². The minimum atomic E-state index is -4.52. The van der Waals surface area contributed by atoms with E-state index >= 15 is 0 Å².